The van der Waals surface area contributed by atoms with E-state index in [1.807, 2.05) is 24.3 Å². The molecule has 2 atom stereocenters. The number of nitrogens with zero attached hydrogens (tertiary/aromatic N) is 8. The van der Waals surface area contributed by atoms with Crippen molar-refractivity contribution in [1.29, 1.82) is 0 Å². The van der Waals surface area contributed by atoms with Crippen molar-refractivity contribution >= 4 is 35.8 Å². The fourth-order valence-electron chi connectivity index (χ4n) is 5.29. The number of aliphatic carboxylic acids is 6. The lowest BCUT2D eigenvalue weighted by Crippen LogP contribution is -2.46. The van der Waals surface area contributed by atoms with Crippen molar-refractivity contribution in [2.75, 3.05) is 26.2 Å². The van der Waals surface area contributed by atoms with Gasteiger partial charge in [0, 0.05) is 24.2 Å². The SMILES string of the molecule is O=C(O)CN(CC(=O)O)C(CCCCn1cc(-c2ccc(-c3cn(CCCCC(C(=O)O)N(CC(=O)O)CC(=O)O)nn3)cc2)nn1)C(=O)O. The van der Waals surface area contributed by atoms with Crippen LogP contribution in [0, 0.1) is 0 Å². The van der Waals surface area contributed by atoms with Gasteiger partial charge in [-0.2, -0.15) is 0 Å². The number of carboxylic acids is 6. The summed E-state index contributed by atoms with van der Waals surface area (Å²) < 4.78 is 3.18. The Morgan fingerprint density at radius 3 is 1.14 bits per heavy atom. The highest BCUT2D eigenvalue weighted by molar-refractivity contribution is 5.79. The van der Waals surface area contributed by atoms with E-state index in [0.717, 1.165) is 20.9 Å². The van der Waals surface area contributed by atoms with Crippen molar-refractivity contribution in [2.45, 2.75) is 63.7 Å². The summed E-state index contributed by atoms with van der Waals surface area (Å²) in [6, 6.07) is 4.77. The number of carbonyl (C=O) groups is 6. The summed E-state index contributed by atoms with van der Waals surface area (Å²) in [4.78, 5) is 69.5. The van der Waals surface area contributed by atoms with Crippen LogP contribution < -0.4 is 0 Å². The average molecular weight is 703 g/mol. The fourth-order valence-corrected chi connectivity index (χ4v) is 5.29. The number of hydrogen-bond donors (Lipinski definition) is 6. The van der Waals surface area contributed by atoms with Gasteiger partial charge >= 0.3 is 35.8 Å². The Hall–Kier alpha value is -5.76. The molecule has 1 aromatic carbocycles. The zero-order valence-electron chi connectivity index (χ0n) is 26.8. The summed E-state index contributed by atoms with van der Waals surface area (Å²) in [7, 11) is 0. The van der Waals surface area contributed by atoms with E-state index in [0.29, 0.717) is 50.2 Å². The van der Waals surface area contributed by atoms with Gasteiger partial charge in [0.1, 0.15) is 23.5 Å². The molecule has 0 fully saturated rings. The van der Waals surface area contributed by atoms with Gasteiger partial charge in [0.2, 0.25) is 0 Å². The van der Waals surface area contributed by atoms with Crippen molar-refractivity contribution < 1.29 is 59.4 Å². The first-order chi connectivity index (χ1) is 23.7. The molecule has 20 nitrogen and oxygen atoms in total. The molecule has 3 rings (SSSR count). The maximum absolute atomic E-state index is 11.7. The second kappa shape index (κ2) is 18.7. The zero-order chi connectivity index (χ0) is 36.8. The Balaban J connectivity index is 1.50. The number of carboxylic acid groups (broad SMARTS) is 6. The third kappa shape index (κ3) is 12.4. The van der Waals surface area contributed by atoms with Gasteiger partial charge in [0.15, 0.2) is 0 Å². The van der Waals surface area contributed by atoms with Crippen LogP contribution in [-0.4, -0.2) is 145 Å². The highest BCUT2D eigenvalue weighted by Crippen LogP contribution is 2.22. The number of aromatic nitrogens is 6. The summed E-state index contributed by atoms with van der Waals surface area (Å²) >= 11 is 0. The molecule has 6 N–H and O–H groups in total. The highest BCUT2D eigenvalue weighted by atomic mass is 16.4. The molecule has 0 aliphatic carbocycles. The van der Waals surface area contributed by atoms with Gasteiger partial charge in [-0.1, -0.05) is 34.7 Å². The van der Waals surface area contributed by atoms with Gasteiger partial charge in [-0.3, -0.25) is 47.9 Å². The summed E-state index contributed by atoms with van der Waals surface area (Å²) in [5.74, 6) is -7.89. The van der Waals surface area contributed by atoms with Crippen molar-refractivity contribution in [3.8, 4) is 22.5 Å². The number of hydrogen-bond acceptors (Lipinski definition) is 12. The van der Waals surface area contributed by atoms with E-state index in [2.05, 4.69) is 20.6 Å². The van der Waals surface area contributed by atoms with Gasteiger partial charge in [-0.25, -0.2) is 0 Å². The van der Waals surface area contributed by atoms with Crippen molar-refractivity contribution in [3.05, 3.63) is 36.7 Å². The molecule has 2 unspecified atom stereocenters. The molecule has 3 aromatic rings. The summed E-state index contributed by atoms with van der Waals surface area (Å²) in [5, 5.41) is 71.8. The van der Waals surface area contributed by atoms with E-state index < -0.39 is 74.1 Å². The Morgan fingerprint density at radius 1 is 0.540 bits per heavy atom. The molecule has 2 aromatic heterocycles. The van der Waals surface area contributed by atoms with Gasteiger partial charge in [-0.05, 0) is 38.5 Å². The van der Waals surface area contributed by atoms with Crippen LogP contribution in [0.4, 0.5) is 0 Å². The molecule has 0 radical (unpaired) electrons. The Morgan fingerprint density at radius 2 is 0.860 bits per heavy atom. The number of unbranched alkanes of at least 4 members (excludes halogenated alkanes) is 2. The van der Waals surface area contributed by atoms with Gasteiger partial charge in [0.25, 0.3) is 0 Å². The molecular formula is C30H38N8O12. The summed E-state index contributed by atoms with van der Waals surface area (Å²) in [6.45, 7) is -2.03. The van der Waals surface area contributed by atoms with E-state index in [1.165, 1.54) is 0 Å². The van der Waals surface area contributed by atoms with E-state index in [1.54, 1.807) is 21.8 Å². The molecule has 0 aliphatic heterocycles. The minimum atomic E-state index is -1.32. The van der Waals surface area contributed by atoms with E-state index in [4.69, 9.17) is 20.4 Å². The van der Waals surface area contributed by atoms with Crippen LogP contribution in [0.2, 0.25) is 0 Å². The molecule has 270 valence electrons. The Bertz CT molecular complexity index is 1490. The second-order valence-corrected chi connectivity index (χ2v) is 11.4. The Kier molecular flexibility index (Phi) is 14.5. The quantitative estimate of drug-likeness (QED) is 0.0688. The largest absolute Gasteiger partial charge is 0.480 e. The molecule has 20 heteroatoms. The predicted molar refractivity (Wildman–Crippen MR) is 169 cm³/mol. The molecule has 50 heavy (non-hydrogen) atoms. The van der Waals surface area contributed by atoms with Crippen LogP contribution in [-0.2, 0) is 41.9 Å². The van der Waals surface area contributed by atoms with Crippen LogP contribution in [0.15, 0.2) is 36.7 Å². The third-order valence-electron chi connectivity index (χ3n) is 7.59. The van der Waals surface area contributed by atoms with Crippen molar-refractivity contribution in [1.82, 2.24) is 39.8 Å². The maximum atomic E-state index is 11.7. The van der Waals surface area contributed by atoms with Gasteiger partial charge < -0.3 is 30.6 Å². The smallest absolute Gasteiger partial charge is 0.320 e. The number of benzene rings is 1. The third-order valence-corrected chi connectivity index (χ3v) is 7.59. The standard InChI is InChI=1S/C30H38N8O12/c39-25(40)15-35(16-26(41)42)23(29(47)48)5-1-3-11-37-13-21(31-33-37)19-7-9-20(10-8-19)22-14-38(34-32-22)12-4-2-6-24(30(49)50)36(17-27(43)44)18-28(45)46/h7-10,13-14,23-24H,1-6,11-12,15-18H2,(H,39,40)(H,41,42)(H,43,44)(H,45,46)(H,47,48)(H,49,50). The van der Waals surface area contributed by atoms with Gasteiger partial charge in [0.05, 0.1) is 38.6 Å². The lowest BCUT2D eigenvalue weighted by Gasteiger charge is -2.25. The molecule has 0 spiro atoms. The van der Waals surface area contributed by atoms with Crippen molar-refractivity contribution in [2.24, 2.45) is 0 Å². The van der Waals surface area contributed by atoms with Crippen LogP contribution in [0.3, 0.4) is 0 Å². The van der Waals surface area contributed by atoms with Crippen LogP contribution >= 0.6 is 0 Å². The average Bonchev–Trinajstić information content (AvgIpc) is 3.69. The minimum absolute atomic E-state index is 0.0522. The normalized spacial score (nSPS) is 12.5. The number of rotatable bonds is 24. The molecular weight excluding hydrogens is 664 g/mol. The van der Waals surface area contributed by atoms with Crippen molar-refractivity contribution in [3.63, 3.8) is 0 Å². The first-order valence-electron chi connectivity index (χ1n) is 15.5. The molecule has 0 aliphatic rings. The second-order valence-electron chi connectivity index (χ2n) is 11.4. The van der Waals surface area contributed by atoms with Crippen LogP contribution in [0.25, 0.3) is 22.5 Å². The molecule has 2 heterocycles. The Labute approximate surface area is 284 Å². The zero-order valence-corrected chi connectivity index (χ0v) is 26.8. The molecule has 0 bridgehead atoms. The monoisotopic (exact) mass is 702 g/mol. The molecule has 0 saturated heterocycles. The van der Waals surface area contributed by atoms with Crippen LogP contribution in [0.1, 0.15) is 38.5 Å². The predicted octanol–water partition coefficient (Wildman–Crippen LogP) is 0.393. The minimum Gasteiger partial charge on any atom is -0.480 e. The van der Waals surface area contributed by atoms with Gasteiger partial charge in [-0.15, -0.1) is 10.2 Å². The van der Waals surface area contributed by atoms with E-state index in [-0.39, 0.29) is 12.8 Å². The maximum Gasteiger partial charge on any atom is 0.320 e. The number of aryl methyl sites for hydroxylation is 2. The van der Waals surface area contributed by atoms with Crippen LogP contribution in [0.5, 0.6) is 0 Å². The first kappa shape index (κ1) is 38.7. The lowest BCUT2D eigenvalue weighted by molar-refractivity contribution is -0.152. The molecule has 0 saturated carbocycles. The first-order valence-corrected chi connectivity index (χ1v) is 15.5. The molecule has 0 amide bonds. The summed E-state index contributed by atoms with van der Waals surface area (Å²) in [5.41, 5.74) is 2.71. The lowest BCUT2D eigenvalue weighted by atomic mass is 10.1. The fraction of sp³-hybridized carbons (Fsp3) is 0.467. The summed E-state index contributed by atoms with van der Waals surface area (Å²) in [6.07, 6.45) is 5.27. The van der Waals surface area contributed by atoms with E-state index in [9.17, 15) is 39.0 Å². The topological polar surface area (TPSA) is 292 Å². The highest BCUT2D eigenvalue weighted by Gasteiger charge is 2.29. The van der Waals surface area contributed by atoms with E-state index >= 15 is 0 Å².